The molecule has 1 saturated heterocycles. The fraction of sp³-hybridized carbons (Fsp3) is 0.500. The Morgan fingerprint density at radius 3 is 3.11 bits per heavy atom. The number of fused-ring (bicyclic) bond motifs is 1. The Labute approximate surface area is 116 Å². The van der Waals surface area contributed by atoms with Crippen molar-refractivity contribution in [3.8, 4) is 0 Å². The molecule has 0 radical (unpaired) electrons. The number of para-hydroxylation sites is 1. The third-order valence-electron chi connectivity index (χ3n) is 3.38. The predicted octanol–water partition coefficient (Wildman–Crippen LogP) is 4.30. The van der Waals surface area contributed by atoms with Crippen LogP contribution in [0.15, 0.2) is 18.2 Å². The molecule has 0 spiro atoms. The molecule has 1 unspecified atom stereocenters. The van der Waals surface area contributed by atoms with Crippen molar-refractivity contribution in [2.45, 2.75) is 31.4 Å². The van der Waals surface area contributed by atoms with E-state index in [-0.39, 0.29) is 0 Å². The number of hydrogen-bond acceptors (Lipinski definition) is 4. The van der Waals surface area contributed by atoms with Crippen LogP contribution in [-0.4, -0.2) is 22.5 Å². The van der Waals surface area contributed by atoms with Crippen LogP contribution in [0.5, 0.6) is 0 Å². The van der Waals surface area contributed by atoms with Gasteiger partial charge in [0, 0.05) is 11.8 Å². The van der Waals surface area contributed by atoms with E-state index in [0.29, 0.717) is 0 Å². The van der Waals surface area contributed by atoms with Crippen LogP contribution in [0.1, 0.15) is 24.8 Å². The van der Waals surface area contributed by atoms with Crippen LogP contribution in [-0.2, 0) is 0 Å². The van der Waals surface area contributed by atoms with Crippen molar-refractivity contribution in [1.82, 2.24) is 4.98 Å². The highest BCUT2D eigenvalue weighted by Crippen LogP contribution is 2.29. The number of hydrogen-bond donors (Lipinski definition) is 1. The topological polar surface area (TPSA) is 24.9 Å². The van der Waals surface area contributed by atoms with Gasteiger partial charge >= 0.3 is 0 Å². The van der Waals surface area contributed by atoms with Crippen LogP contribution in [0.4, 0.5) is 5.13 Å². The van der Waals surface area contributed by atoms with Crippen LogP contribution in [0, 0.1) is 6.92 Å². The van der Waals surface area contributed by atoms with Gasteiger partial charge in [-0.2, -0.15) is 11.8 Å². The Bertz CT molecular complexity index is 530. The molecule has 0 bridgehead atoms. The maximum Gasteiger partial charge on any atom is 0.183 e. The molecule has 0 amide bonds. The normalized spacial score (nSPS) is 20.2. The van der Waals surface area contributed by atoms with E-state index in [1.54, 1.807) is 11.3 Å². The summed E-state index contributed by atoms with van der Waals surface area (Å²) in [6.07, 6.45) is 4.13. The van der Waals surface area contributed by atoms with Gasteiger partial charge in [0.15, 0.2) is 5.13 Å². The summed E-state index contributed by atoms with van der Waals surface area (Å²) in [7, 11) is 0. The van der Waals surface area contributed by atoms with Gasteiger partial charge in [-0.15, -0.1) is 0 Å². The zero-order chi connectivity index (χ0) is 12.4. The first-order chi connectivity index (χ1) is 8.83. The van der Waals surface area contributed by atoms with Gasteiger partial charge < -0.3 is 5.32 Å². The first kappa shape index (κ1) is 12.3. The summed E-state index contributed by atoms with van der Waals surface area (Å²) < 4.78 is 1.29. The van der Waals surface area contributed by atoms with E-state index in [2.05, 4.69) is 42.2 Å². The summed E-state index contributed by atoms with van der Waals surface area (Å²) in [6, 6.07) is 6.39. The number of nitrogens with one attached hydrogen (secondary N) is 1. The summed E-state index contributed by atoms with van der Waals surface area (Å²) in [5.41, 5.74) is 2.42. The maximum atomic E-state index is 4.69. The quantitative estimate of drug-likeness (QED) is 0.906. The van der Waals surface area contributed by atoms with Crippen LogP contribution in [0.2, 0.25) is 0 Å². The van der Waals surface area contributed by atoms with Gasteiger partial charge in [-0.25, -0.2) is 4.98 Å². The minimum Gasteiger partial charge on any atom is -0.360 e. The summed E-state index contributed by atoms with van der Waals surface area (Å²) >= 11 is 3.88. The molecule has 1 aromatic heterocycles. The van der Waals surface area contributed by atoms with E-state index in [4.69, 9.17) is 4.98 Å². The standard InChI is InChI=1S/C14H18N2S2/c1-10-5-4-7-12-13(10)16-14(18-12)15-9-11-6-2-3-8-17-11/h4-5,7,11H,2-3,6,8-9H2,1H3,(H,15,16). The Balaban J connectivity index is 1.69. The summed E-state index contributed by atoms with van der Waals surface area (Å²) in [4.78, 5) is 4.69. The fourth-order valence-electron chi connectivity index (χ4n) is 2.33. The molecule has 2 aromatic rings. The van der Waals surface area contributed by atoms with Crippen molar-refractivity contribution < 1.29 is 0 Å². The van der Waals surface area contributed by atoms with Gasteiger partial charge in [-0.3, -0.25) is 0 Å². The number of rotatable bonds is 3. The minimum atomic E-state index is 0.770. The monoisotopic (exact) mass is 278 g/mol. The lowest BCUT2D eigenvalue weighted by Gasteiger charge is -2.21. The molecule has 4 heteroatoms. The maximum absolute atomic E-state index is 4.69. The molecule has 2 nitrogen and oxygen atoms in total. The molecule has 0 aliphatic carbocycles. The molecule has 1 atom stereocenters. The van der Waals surface area contributed by atoms with E-state index in [0.717, 1.165) is 22.4 Å². The molecule has 1 aliphatic rings. The minimum absolute atomic E-state index is 0.770. The average Bonchev–Trinajstić information content (AvgIpc) is 2.82. The first-order valence-corrected chi connectivity index (χ1v) is 8.41. The van der Waals surface area contributed by atoms with Crippen molar-refractivity contribution in [1.29, 1.82) is 0 Å². The number of thiazole rings is 1. The van der Waals surface area contributed by atoms with E-state index < -0.39 is 0 Å². The third-order valence-corrected chi connectivity index (χ3v) is 5.75. The van der Waals surface area contributed by atoms with Gasteiger partial charge in [-0.05, 0) is 37.1 Å². The molecule has 1 aromatic carbocycles. The molecule has 18 heavy (non-hydrogen) atoms. The molecule has 0 saturated carbocycles. The van der Waals surface area contributed by atoms with Gasteiger partial charge in [-0.1, -0.05) is 29.9 Å². The Kier molecular flexibility index (Phi) is 3.75. The number of aryl methyl sites for hydroxylation is 1. The van der Waals surface area contributed by atoms with Crippen molar-refractivity contribution in [3.63, 3.8) is 0 Å². The van der Waals surface area contributed by atoms with Gasteiger partial charge in [0.05, 0.1) is 10.2 Å². The Morgan fingerprint density at radius 1 is 1.39 bits per heavy atom. The third kappa shape index (κ3) is 2.64. The summed E-state index contributed by atoms with van der Waals surface area (Å²) in [5, 5.41) is 5.36. The zero-order valence-electron chi connectivity index (χ0n) is 10.6. The Hall–Kier alpha value is -0.740. The smallest absolute Gasteiger partial charge is 0.183 e. The van der Waals surface area contributed by atoms with E-state index in [9.17, 15) is 0 Å². The predicted molar refractivity (Wildman–Crippen MR) is 82.9 cm³/mol. The van der Waals surface area contributed by atoms with E-state index in [1.807, 2.05) is 0 Å². The highest BCUT2D eigenvalue weighted by atomic mass is 32.2. The lowest BCUT2D eigenvalue weighted by Crippen LogP contribution is -2.19. The van der Waals surface area contributed by atoms with Crippen LogP contribution in [0.25, 0.3) is 10.2 Å². The van der Waals surface area contributed by atoms with E-state index in [1.165, 1.54) is 35.3 Å². The van der Waals surface area contributed by atoms with Crippen molar-refractivity contribution >= 4 is 38.4 Å². The number of aromatic nitrogens is 1. The number of thioether (sulfide) groups is 1. The molecule has 96 valence electrons. The lowest BCUT2D eigenvalue weighted by molar-refractivity contribution is 0.677. The number of anilines is 1. The van der Waals surface area contributed by atoms with Crippen molar-refractivity contribution in [2.75, 3.05) is 17.6 Å². The highest BCUT2D eigenvalue weighted by Gasteiger charge is 2.14. The van der Waals surface area contributed by atoms with Gasteiger partial charge in [0.1, 0.15) is 0 Å². The summed E-state index contributed by atoms with van der Waals surface area (Å²) in [6.45, 7) is 3.19. The van der Waals surface area contributed by atoms with Gasteiger partial charge in [0.2, 0.25) is 0 Å². The van der Waals surface area contributed by atoms with Crippen LogP contribution < -0.4 is 5.32 Å². The van der Waals surface area contributed by atoms with Crippen LogP contribution >= 0.6 is 23.1 Å². The molecule has 2 heterocycles. The number of nitrogens with zero attached hydrogens (tertiary/aromatic N) is 1. The Morgan fingerprint density at radius 2 is 2.33 bits per heavy atom. The number of benzene rings is 1. The molecular formula is C14H18N2S2. The molecule has 1 N–H and O–H groups in total. The molecular weight excluding hydrogens is 260 g/mol. The SMILES string of the molecule is Cc1cccc2sc(NCC3CCCCS3)nc12. The molecule has 1 aliphatic heterocycles. The highest BCUT2D eigenvalue weighted by molar-refractivity contribution is 7.99. The summed E-state index contributed by atoms with van der Waals surface area (Å²) in [5.74, 6) is 1.32. The second-order valence-corrected chi connectivity index (χ2v) is 7.25. The molecule has 3 rings (SSSR count). The van der Waals surface area contributed by atoms with Crippen LogP contribution in [0.3, 0.4) is 0 Å². The second kappa shape index (κ2) is 5.49. The zero-order valence-corrected chi connectivity index (χ0v) is 12.2. The van der Waals surface area contributed by atoms with Gasteiger partial charge in [0.25, 0.3) is 0 Å². The van der Waals surface area contributed by atoms with Crippen molar-refractivity contribution in [2.24, 2.45) is 0 Å². The second-order valence-electron chi connectivity index (χ2n) is 4.81. The fourth-order valence-corrected chi connectivity index (χ4v) is 4.52. The van der Waals surface area contributed by atoms with Crippen molar-refractivity contribution in [3.05, 3.63) is 23.8 Å². The first-order valence-electron chi connectivity index (χ1n) is 6.54. The largest absolute Gasteiger partial charge is 0.360 e. The van der Waals surface area contributed by atoms with E-state index >= 15 is 0 Å². The molecule has 1 fully saturated rings. The lowest BCUT2D eigenvalue weighted by atomic mass is 10.2. The average molecular weight is 278 g/mol.